The molecule has 0 aliphatic heterocycles. The number of methoxy groups -OCH3 is 1. The average Bonchev–Trinajstić information content (AvgIpc) is 3.33. The van der Waals surface area contributed by atoms with Gasteiger partial charge in [0.05, 0.1) is 12.9 Å². The number of thioether (sulfide) groups is 1. The minimum absolute atomic E-state index is 0.172. The molecule has 0 fully saturated rings. The van der Waals surface area contributed by atoms with Crippen LogP contribution in [-0.4, -0.2) is 39.4 Å². The van der Waals surface area contributed by atoms with Crippen LogP contribution in [0.25, 0.3) is 5.69 Å². The van der Waals surface area contributed by atoms with Gasteiger partial charge in [-0.2, -0.15) is 0 Å². The molecule has 0 saturated carbocycles. The van der Waals surface area contributed by atoms with E-state index in [0.29, 0.717) is 27.8 Å². The third-order valence-corrected chi connectivity index (χ3v) is 5.61. The van der Waals surface area contributed by atoms with Crippen molar-refractivity contribution in [2.75, 3.05) is 23.5 Å². The van der Waals surface area contributed by atoms with Crippen molar-refractivity contribution in [2.24, 2.45) is 0 Å². The van der Waals surface area contributed by atoms with Crippen LogP contribution in [0.3, 0.4) is 0 Å². The highest BCUT2D eigenvalue weighted by atomic mass is 32.2. The maximum Gasteiger partial charge on any atom is 0.255 e. The number of anilines is 2. The molecule has 33 heavy (non-hydrogen) atoms. The topological polar surface area (TPSA) is 98.1 Å². The molecule has 0 atom stereocenters. The van der Waals surface area contributed by atoms with Gasteiger partial charge in [-0.15, -0.1) is 10.2 Å². The molecular weight excluding hydrogens is 438 g/mol. The molecule has 0 bridgehead atoms. The van der Waals surface area contributed by atoms with Crippen molar-refractivity contribution >= 4 is 35.0 Å². The number of carbonyl (C=O) groups excluding carboxylic acids is 2. The summed E-state index contributed by atoms with van der Waals surface area (Å²) in [7, 11) is 1.59. The van der Waals surface area contributed by atoms with Crippen LogP contribution in [0.1, 0.15) is 10.4 Å². The van der Waals surface area contributed by atoms with Gasteiger partial charge in [0.2, 0.25) is 5.91 Å². The van der Waals surface area contributed by atoms with Crippen LogP contribution >= 0.6 is 11.8 Å². The van der Waals surface area contributed by atoms with E-state index in [4.69, 9.17) is 4.74 Å². The molecule has 9 heteroatoms. The van der Waals surface area contributed by atoms with Gasteiger partial charge in [-0.05, 0) is 60.7 Å². The predicted molar refractivity (Wildman–Crippen MR) is 128 cm³/mol. The molecule has 0 saturated heterocycles. The smallest absolute Gasteiger partial charge is 0.255 e. The maximum atomic E-state index is 12.4. The van der Waals surface area contributed by atoms with E-state index in [2.05, 4.69) is 20.8 Å². The van der Waals surface area contributed by atoms with Crippen LogP contribution in [0.5, 0.6) is 5.75 Å². The minimum Gasteiger partial charge on any atom is -0.497 e. The van der Waals surface area contributed by atoms with Crippen molar-refractivity contribution in [1.29, 1.82) is 0 Å². The van der Waals surface area contributed by atoms with Crippen LogP contribution in [0.2, 0.25) is 0 Å². The number of nitrogens with zero attached hydrogens (tertiary/aromatic N) is 3. The lowest BCUT2D eigenvalue weighted by Gasteiger charge is -2.09. The molecule has 0 unspecified atom stereocenters. The minimum atomic E-state index is -0.242. The molecule has 0 radical (unpaired) electrons. The Morgan fingerprint density at radius 2 is 1.58 bits per heavy atom. The second-order valence-electron chi connectivity index (χ2n) is 6.92. The fourth-order valence-electron chi connectivity index (χ4n) is 3.00. The monoisotopic (exact) mass is 459 g/mol. The molecule has 3 aromatic carbocycles. The van der Waals surface area contributed by atoms with E-state index >= 15 is 0 Å². The number of ether oxygens (including phenoxy) is 1. The van der Waals surface area contributed by atoms with Gasteiger partial charge in [-0.1, -0.05) is 30.0 Å². The Balaban J connectivity index is 1.30. The summed E-state index contributed by atoms with van der Waals surface area (Å²) in [6.07, 6.45) is 1.62. The molecule has 0 spiro atoms. The zero-order chi connectivity index (χ0) is 23.0. The molecule has 0 aliphatic carbocycles. The maximum absolute atomic E-state index is 12.4. The summed E-state index contributed by atoms with van der Waals surface area (Å²) < 4.78 is 6.94. The molecule has 2 N–H and O–H groups in total. The van der Waals surface area contributed by atoms with E-state index in [1.54, 1.807) is 62.0 Å². The lowest BCUT2D eigenvalue weighted by molar-refractivity contribution is -0.113. The summed E-state index contributed by atoms with van der Waals surface area (Å²) in [6, 6.07) is 23.5. The summed E-state index contributed by atoms with van der Waals surface area (Å²) in [5.74, 6) is 0.462. The van der Waals surface area contributed by atoms with Crippen molar-refractivity contribution in [1.82, 2.24) is 14.8 Å². The molecule has 4 rings (SSSR count). The van der Waals surface area contributed by atoms with Gasteiger partial charge in [0.25, 0.3) is 5.91 Å². The van der Waals surface area contributed by atoms with Crippen LogP contribution in [0, 0.1) is 0 Å². The second-order valence-corrected chi connectivity index (χ2v) is 7.86. The molecular formula is C24H21N5O3S. The Morgan fingerprint density at radius 1 is 0.909 bits per heavy atom. The van der Waals surface area contributed by atoms with Crippen LogP contribution in [-0.2, 0) is 4.79 Å². The predicted octanol–water partition coefficient (Wildman–Crippen LogP) is 4.26. The Kier molecular flexibility index (Phi) is 7.01. The highest BCUT2D eigenvalue weighted by molar-refractivity contribution is 7.99. The fourth-order valence-corrected chi connectivity index (χ4v) is 3.73. The van der Waals surface area contributed by atoms with Crippen LogP contribution < -0.4 is 15.4 Å². The second kappa shape index (κ2) is 10.5. The first-order chi connectivity index (χ1) is 16.1. The lowest BCUT2D eigenvalue weighted by atomic mass is 10.2. The third-order valence-electron chi connectivity index (χ3n) is 4.66. The largest absolute Gasteiger partial charge is 0.497 e. The standard InChI is InChI=1S/C24H21N5O3S/c1-32-21-13-11-19(12-14-21)27-23(31)17-7-9-18(10-8-17)26-22(30)15-33-24-28-25-16-29(24)20-5-3-2-4-6-20/h2-14,16H,15H2,1H3,(H,26,30)(H,27,31). The molecule has 2 amide bonds. The summed E-state index contributed by atoms with van der Waals surface area (Å²) in [4.78, 5) is 24.8. The van der Waals surface area contributed by atoms with Gasteiger partial charge < -0.3 is 15.4 Å². The molecule has 166 valence electrons. The summed E-state index contributed by atoms with van der Waals surface area (Å²) in [6.45, 7) is 0. The van der Waals surface area contributed by atoms with Crippen molar-refractivity contribution in [2.45, 2.75) is 5.16 Å². The number of carbonyl (C=O) groups is 2. The van der Waals surface area contributed by atoms with E-state index in [1.165, 1.54) is 11.8 Å². The number of nitrogens with one attached hydrogen (secondary N) is 2. The van der Waals surface area contributed by atoms with Crippen molar-refractivity contribution in [3.8, 4) is 11.4 Å². The Hall–Kier alpha value is -4.11. The van der Waals surface area contributed by atoms with E-state index < -0.39 is 0 Å². The molecule has 8 nitrogen and oxygen atoms in total. The number of rotatable bonds is 8. The van der Waals surface area contributed by atoms with E-state index in [9.17, 15) is 9.59 Å². The number of aromatic nitrogens is 3. The third kappa shape index (κ3) is 5.78. The van der Waals surface area contributed by atoms with E-state index in [0.717, 1.165) is 5.69 Å². The molecule has 0 aliphatic rings. The highest BCUT2D eigenvalue weighted by Gasteiger charge is 2.11. The first kappa shape index (κ1) is 22.1. The zero-order valence-corrected chi connectivity index (χ0v) is 18.6. The highest BCUT2D eigenvalue weighted by Crippen LogP contribution is 2.20. The van der Waals surface area contributed by atoms with Crippen LogP contribution in [0.15, 0.2) is 90.3 Å². The fraction of sp³-hybridized carbons (Fsp3) is 0.0833. The van der Waals surface area contributed by atoms with E-state index in [1.807, 2.05) is 34.9 Å². The first-order valence-electron chi connectivity index (χ1n) is 10.1. The molecule has 1 heterocycles. The number of benzene rings is 3. The Labute approximate surface area is 195 Å². The number of hydrogen-bond donors (Lipinski definition) is 2. The summed E-state index contributed by atoms with van der Waals surface area (Å²) in [5, 5.41) is 14.3. The SMILES string of the molecule is COc1ccc(NC(=O)c2ccc(NC(=O)CSc3nncn3-c3ccccc3)cc2)cc1. The number of amides is 2. The summed E-state index contributed by atoms with van der Waals surface area (Å²) >= 11 is 1.29. The van der Waals surface area contributed by atoms with Crippen molar-refractivity contribution < 1.29 is 14.3 Å². The van der Waals surface area contributed by atoms with Gasteiger partial charge in [0.15, 0.2) is 5.16 Å². The van der Waals surface area contributed by atoms with Gasteiger partial charge in [0.1, 0.15) is 12.1 Å². The van der Waals surface area contributed by atoms with Gasteiger partial charge in [-0.25, -0.2) is 0 Å². The van der Waals surface area contributed by atoms with Crippen LogP contribution in [0.4, 0.5) is 11.4 Å². The Morgan fingerprint density at radius 3 is 2.27 bits per heavy atom. The zero-order valence-electron chi connectivity index (χ0n) is 17.8. The van der Waals surface area contributed by atoms with Gasteiger partial charge in [0, 0.05) is 22.6 Å². The Bertz CT molecular complexity index is 1230. The summed E-state index contributed by atoms with van der Waals surface area (Å²) in [5.41, 5.74) is 2.67. The molecule has 4 aromatic rings. The number of hydrogen-bond acceptors (Lipinski definition) is 6. The van der Waals surface area contributed by atoms with Crippen molar-refractivity contribution in [3.63, 3.8) is 0 Å². The average molecular weight is 460 g/mol. The normalized spacial score (nSPS) is 10.5. The number of para-hydroxylation sites is 1. The van der Waals surface area contributed by atoms with Crippen molar-refractivity contribution in [3.05, 3.63) is 90.8 Å². The van der Waals surface area contributed by atoms with Gasteiger partial charge >= 0.3 is 0 Å². The lowest BCUT2D eigenvalue weighted by Crippen LogP contribution is -2.15. The quantitative estimate of drug-likeness (QED) is 0.382. The van der Waals surface area contributed by atoms with Gasteiger partial charge in [-0.3, -0.25) is 14.2 Å². The first-order valence-corrected chi connectivity index (χ1v) is 11.0. The van der Waals surface area contributed by atoms with E-state index in [-0.39, 0.29) is 17.6 Å². The molecule has 1 aromatic heterocycles.